The summed E-state index contributed by atoms with van der Waals surface area (Å²) in [6.45, 7) is 0.130. The molecule has 0 radical (unpaired) electrons. The first-order valence-corrected chi connectivity index (χ1v) is 4.06. The van der Waals surface area contributed by atoms with Gasteiger partial charge in [0.1, 0.15) is 0 Å². The Labute approximate surface area is 76.5 Å². The largest absolute Gasteiger partial charge is 0.393 e. The maximum absolute atomic E-state index is 9.37. The summed E-state index contributed by atoms with van der Waals surface area (Å²) in [5.41, 5.74) is 9.07. The predicted molar refractivity (Wildman–Crippen MR) is 50.2 cm³/mol. The summed E-state index contributed by atoms with van der Waals surface area (Å²) in [6.07, 6.45) is -0.0573. The van der Waals surface area contributed by atoms with Gasteiger partial charge in [0, 0.05) is 4.91 Å². The topological polar surface area (TPSA) is 69.0 Å². The highest BCUT2D eigenvalue weighted by atomic mass is 16.3. The van der Waals surface area contributed by atoms with Crippen molar-refractivity contribution >= 4 is 0 Å². The van der Waals surface area contributed by atoms with Gasteiger partial charge in [-0.25, -0.2) is 0 Å². The second-order valence-corrected chi connectivity index (χ2v) is 2.76. The first-order valence-electron chi connectivity index (χ1n) is 4.06. The van der Waals surface area contributed by atoms with Crippen LogP contribution < -0.4 is 0 Å². The van der Waals surface area contributed by atoms with Gasteiger partial charge in [-0.3, -0.25) is 0 Å². The van der Waals surface area contributed by atoms with E-state index in [0.717, 1.165) is 5.56 Å². The normalized spacial score (nSPS) is 11.8. The third-order valence-electron chi connectivity index (χ3n) is 1.67. The molecule has 4 nitrogen and oxygen atoms in total. The van der Waals surface area contributed by atoms with Crippen molar-refractivity contribution in [2.45, 2.75) is 12.5 Å². The van der Waals surface area contributed by atoms with E-state index in [1.807, 2.05) is 30.3 Å². The highest BCUT2D eigenvalue weighted by Gasteiger charge is 2.02. The van der Waals surface area contributed by atoms with Crippen LogP contribution in [-0.4, -0.2) is 17.8 Å². The van der Waals surface area contributed by atoms with Crippen molar-refractivity contribution in [2.75, 3.05) is 6.54 Å². The first-order chi connectivity index (χ1) is 6.33. The van der Waals surface area contributed by atoms with Gasteiger partial charge in [0.15, 0.2) is 0 Å². The summed E-state index contributed by atoms with van der Waals surface area (Å²) in [6, 6.07) is 9.60. The molecule has 0 saturated carbocycles. The zero-order valence-electron chi connectivity index (χ0n) is 7.17. The van der Waals surface area contributed by atoms with Crippen molar-refractivity contribution in [1.82, 2.24) is 0 Å². The fourth-order valence-corrected chi connectivity index (χ4v) is 1.08. The van der Waals surface area contributed by atoms with Crippen molar-refractivity contribution in [3.8, 4) is 0 Å². The molecule has 0 aliphatic carbocycles. The molecule has 1 aromatic carbocycles. The molecule has 0 aliphatic rings. The molecule has 13 heavy (non-hydrogen) atoms. The molecule has 0 saturated heterocycles. The smallest absolute Gasteiger partial charge is 0.0636 e. The Bertz CT molecular complexity index is 293. The number of aliphatic hydroxyl groups is 1. The molecule has 0 amide bonds. The van der Waals surface area contributed by atoms with Crippen LogP contribution in [0.4, 0.5) is 0 Å². The molecule has 0 bridgehead atoms. The fraction of sp³-hybridized carbons (Fsp3) is 0.333. The van der Waals surface area contributed by atoms with E-state index in [4.69, 9.17) is 5.53 Å². The van der Waals surface area contributed by atoms with Gasteiger partial charge in [0.25, 0.3) is 0 Å². The lowest BCUT2D eigenvalue weighted by atomic mass is 10.1. The Balaban J connectivity index is 2.45. The molecule has 1 atom stereocenters. The van der Waals surface area contributed by atoms with Crippen LogP contribution in [0.3, 0.4) is 0 Å². The van der Waals surface area contributed by atoms with Gasteiger partial charge in [-0.05, 0) is 17.5 Å². The highest BCUT2D eigenvalue weighted by molar-refractivity contribution is 5.15. The lowest BCUT2D eigenvalue weighted by molar-refractivity contribution is 0.183. The maximum atomic E-state index is 9.37. The molecule has 1 rings (SSSR count). The van der Waals surface area contributed by atoms with Gasteiger partial charge in [0.05, 0.1) is 12.6 Å². The minimum Gasteiger partial charge on any atom is -0.393 e. The number of benzene rings is 1. The molecule has 68 valence electrons. The monoisotopic (exact) mass is 177 g/mol. The minimum absolute atomic E-state index is 0.130. The van der Waals surface area contributed by atoms with Crippen molar-refractivity contribution < 1.29 is 5.11 Å². The van der Waals surface area contributed by atoms with E-state index in [9.17, 15) is 5.11 Å². The van der Waals surface area contributed by atoms with Crippen LogP contribution in [0, 0.1) is 0 Å². The van der Waals surface area contributed by atoms with Gasteiger partial charge in [-0.2, -0.15) is 0 Å². The second-order valence-electron chi connectivity index (χ2n) is 2.76. The number of aliphatic hydroxyl groups excluding tert-OH is 1. The molecule has 0 spiro atoms. The van der Waals surface area contributed by atoms with Gasteiger partial charge >= 0.3 is 0 Å². The number of azide groups is 1. The minimum atomic E-state index is -0.585. The number of hydrogen-bond donors (Lipinski definition) is 1. The van der Waals surface area contributed by atoms with Crippen LogP contribution in [0.25, 0.3) is 10.4 Å². The fourth-order valence-electron chi connectivity index (χ4n) is 1.08. The Morgan fingerprint density at radius 3 is 2.69 bits per heavy atom. The second kappa shape index (κ2) is 5.19. The zero-order chi connectivity index (χ0) is 9.52. The third kappa shape index (κ3) is 3.60. The van der Waals surface area contributed by atoms with Gasteiger partial charge in [-0.1, -0.05) is 35.4 Å². The summed E-state index contributed by atoms with van der Waals surface area (Å²) >= 11 is 0. The van der Waals surface area contributed by atoms with Crippen molar-refractivity contribution in [2.24, 2.45) is 5.11 Å². The predicted octanol–water partition coefficient (Wildman–Crippen LogP) is 1.90. The summed E-state index contributed by atoms with van der Waals surface area (Å²) < 4.78 is 0. The number of nitrogens with zero attached hydrogens (tertiary/aromatic N) is 3. The lowest BCUT2D eigenvalue weighted by Crippen LogP contribution is -2.13. The summed E-state index contributed by atoms with van der Waals surface area (Å²) in [4.78, 5) is 2.58. The van der Waals surface area contributed by atoms with Crippen molar-refractivity contribution in [3.63, 3.8) is 0 Å². The zero-order valence-corrected chi connectivity index (χ0v) is 7.17. The molecular formula is C9H11N3O. The van der Waals surface area contributed by atoms with Crippen LogP contribution in [-0.2, 0) is 6.42 Å². The van der Waals surface area contributed by atoms with E-state index in [2.05, 4.69) is 10.0 Å². The molecule has 0 fully saturated rings. The molecule has 0 heterocycles. The molecule has 1 aromatic rings. The molecule has 0 aromatic heterocycles. The van der Waals surface area contributed by atoms with Gasteiger partial charge < -0.3 is 5.11 Å². The van der Waals surface area contributed by atoms with E-state index >= 15 is 0 Å². The quantitative estimate of drug-likeness (QED) is 0.426. The molecule has 0 unspecified atom stereocenters. The van der Waals surface area contributed by atoms with Crippen LogP contribution in [0.1, 0.15) is 5.56 Å². The maximum Gasteiger partial charge on any atom is 0.0636 e. The molecule has 1 N–H and O–H groups in total. The molecule has 0 aliphatic heterocycles. The Hall–Kier alpha value is -1.51. The summed E-state index contributed by atoms with van der Waals surface area (Å²) in [5, 5.41) is 12.7. The highest BCUT2D eigenvalue weighted by Crippen LogP contribution is 2.02. The van der Waals surface area contributed by atoms with E-state index in [0.29, 0.717) is 6.42 Å². The molecule has 4 heteroatoms. The number of rotatable bonds is 4. The van der Waals surface area contributed by atoms with Crippen molar-refractivity contribution in [3.05, 3.63) is 46.3 Å². The standard InChI is InChI=1S/C9H11N3O/c10-12-11-7-9(13)6-8-4-2-1-3-5-8/h1-5,9,13H,6-7H2/t9-/m0/s1. The first kappa shape index (κ1) is 9.58. The summed E-state index contributed by atoms with van der Waals surface area (Å²) in [5.74, 6) is 0. The number of hydrogen-bond acceptors (Lipinski definition) is 2. The van der Waals surface area contributed by atoms with Crippen LogP contribution in [0.15, 0.2) is 35.4 Å². The van der Waals surface area contributed by atoms with Gasteiger partial charge in [0.2, 0.25) is 0 Å². The van der Waals surface area contributed by atoms with Crippen molar-refractivity contribution in [1.29, 1.82) is 0 Å². The Morgan fingerprint density at radius 1 is 1.38 bits per heavy atom. The Kier molecular flexibility index (Phi) is 3.82. The van der Waals surface area contributed by atoms with Crippen LogP contribution >= 0.6 is 0 Å². The van der Waals surface area contributed by atoms with Crippen LogP contribution in [0.5, 0.6) is 0 Å². The van der Waals surface area contributed by atoms with Gasteiger partial charge in [-0.15, -0.1) is 0 Å². The lowest BCUT2D eigenvalue weighted by Gasteiger charge is -2.06. The average molecular weight is 177 g/mol. The van der Waals surface area contributed by atoms with E-state index < -0.39 is 6.10 Å². The van der Waals surface area contributed by atoms with Crippen LogP contribution in [0.2, 0.25) is 0 Å². The third-order valence-corrected chi connectivity index (χ3v) is 1.67. The average Bonchev–Trinajstić information content (AvgIpc) is 2.16. The van der Waals surface area contributed by atoms with E-state index in [-0.39, 0.29) is 6.54 Å². The Morgan fingerprint density at radius 2 is 2.08 bits per heavy atom. The SMILES string of the molecule is [N-]=[N+]=NC[C@@H](O)Cc1ccccc1. The van der Waals surface area contributed by atoms with E-state index in [1.54, 1.807) is 0 Å². The van der Waals surface area contributed by atoms with E-state index in [1.165, 1.54) is 0 Å². The molecular weight excluding hydrogens is 166 g/mol. The summed E-state index contributed by atoms with van der Waals surface area (Å²) in [7, 11) is 0.